The van der Waals surface area contributed by atoms with Crippen molar-refractivity contribution in [1.82, 2.24) is 10.5 Å². The van der Waals surface area contributed by atoms with E-state index in [-0.39, 0.29) is 5.82 Å². The highest BCUT2D eigenvalue weighted by atomic mass is 19.1. The number of benzene rings is 1. The zero-order valence-corrected chi connectivity index (χ0v) is 9.90. The van der Waals surface area contributed by atoms with Crippen molar-refractivity contribution >= 4 is 0 Å². The van der Waals surface area contributed by atoms with Gasteiger partial charge in [0.1, 0.15) is 5.82 Å². The molecule has 0 amide bonds. The molecule has 0 atom stereocenters. The molecule has 3 nitrogen and oxygen atoms in total. The van der Waals surface area contributed by atoms with Crippen molar-refractivity contribution in [3.05, 3.63) is 41.8 Å². The normalized spacial score (nSPS) is 11.1. The molecule has 0 unspecified atom stereocenters. The first kappa shape index (κ1) is 11.8. The van der Waals surface area contributed by atoms with Crippen molar-refractivity contribution in [3.8, 4) is 11.3 Å². The first-order valence-corrected chi connectivity index (χ1v) is 5.59. The molecule has 0 bridgehead atoms. The lowest BCUT2D eigenvalue weighted by Gasteiger charge is -2.07. The Morgan fingerprint density at radius 3 is 2.94 bits per heavy atom. The Labute approximate surface area is 99.6 Å². The van der Waals surface area contributed by atoms with E-state index in [0.29, 0.717) is 23.9 Å². The predicted molar refractivity (Wildman–Crippen MR) is 63.9 cm³/mol. The Balaban J connectivity index is 2.24. The summed E-state index contributed by atoms with van der Waals surface area (Å²) in [5, 5.41) is 7.05. The van der Waals surface area contributed by atoms with Crippen LogP contribution < -0.4 is 5.32 Å². The number of hydrogen-bond acceptors (Lipinski definition) is 3. The molecule has 0 aliphatic rings. The largest absolute Gasteiger partial charge is 0.356 e. The van der Waals surface area contributed by atoms with Gasteiger partial charge in [-0.15, -0.1) is 0 Å². The number of nitrogens with one attached hydrogen (secondary N) is 1. The van der Waals surface area contributed by atoms with Gasteiger partial charge in [-0.25, -0.2) is 4.39 Å². The van der Waals surface area contributed by atoms with Gasteiger partial charge >= 0.3 is 0 Å². The third-order valence-electron chi connectivity index (χ3n) is 2.43. The van der Waals surface area contributed by atoms with Gasteiger partial charge in [0.2, 0.25) is 0 Å². The molecule has 0 aliphatic carbocycles. The molecule has 0 saturated heterocycles. The fourth-order valence-electron chi connectivity index (χ4n) is 1.57. The molecule has 0 aliphatic heterocycles. The number of rotatable bonds is 4. The highest BCUT2D eigenvalue weighted by molar-refractivity contribution is 5.60. The molecule has 0 spiro atoms. The van der Waals surface area contributed by atoms with Gasteiger partial charge < -0.3 is 9.84 Å². The molecule has 90 valence electrons. The van der Waals surface area contributed by atoms with Crippen LogP contribution in [0.4, 0.5) is 4.39 Å². The van der Waals surface area contributed by atoms with Crippen LogP contribution in [-0.4, -0.2) is 11.2 Å². The minimum atomic E-state index is -0.276. The summed E-state index contributed by atoms with van der Waals surface area (Å²) in [5.74, 6) is 0.347. The average molecular weight is 234 g/mol. The second-order valence-corrected chi connectivity index (χ2v) is 4.23. The summed E-state index contributed by atoms with van der Waals surface area (Å²) in [6.07, 6.45) is 1.66. The van der Waals surface area contributed by atoms with Crippen LogP contribution in [0.15, 0.2) is 35.0 Å². The molecule has 1 aromatic carbocycles. The van der Waals surface area contributed by atoms with Crippen LogP contribution in [0.3, 0.4) is 0 Å². The molecule has 1 aromatic heterocycles. The third-order valence-corrected chi connectivity index (χ3v) is 2.43. The maximum Gasteiger partial charge on any atom is 0.171 e. The van der Waals surface area contributed by atoms with Gasteiger partial charge in [-0.1, -0.05) is 31.1 Å². The molecule has 1 N–H and O–H groups in total. The van der Waals surface area contributed by atoms with Crippen molar-refractivity contribution in [3.63, 3.8) is 0 Å². The number of hydrogen-bond donors (Lipinski definition) is 1. The summed E-state index contributed by atoms with van der Waals surface area (Å²) < 4.78 is 18.3. The van der Waals surface area contributed by atoms with Gasteiger partial charge in [0.25, 0.3) is 0 Å². The molecular formula is C13H15FN2O. The summed E-state index contributed by atoms with van der Waals surface area (Å²) in [4.78, 5) is 0. The van der Waals surface area contributed by atoms with Gasteiger partial charge in [0.05, 0.1) is 6.20 Å². The van der Waals surface area contributed by atoms with E-state index in [9.17, 15) is 4.39 Å². The summed E-state index contributed by atoms with van der Waals surface area (Å²) in [6.45, 7) is 4.79. The molecule has 2 rings (SSSR count). The van der Waals surface area contributed by atoms with Crippen LogP contribution in [-0.2, 0) is 6.54 Å². The van der Waals surface area contributed by atoms with E-state index in [4.69, 9.17) is 4.52 Å². The highest BCUT2D eigenvalue weighted by Crippen LogP contribution is 2.24. The van der Waals surface area contributed by atoms with Crippen molar-refractivity contribution in [2.24, 2.45) is 0 Å². The lowest BCUT2D eigenvalue weighted by atomic mass is 10.1. The van der Waals surface area contributed by atoms with Crippen molar-refractivity contribution in [1.29, 1.82) is 0 Å². The van der Waals surface area contributed by atoms with Crippen molar-refractivity contribution in [2.75, 3.05) is 0 Å². The standard InChI is InChI=1S/C13H15FN2O/c1-9(2)15-7-11-8-16-17-13(11)10-4-3-5-12(14)6-10/h3-6,8-9,15H,7H2,1-2H3. The number of aromatic nitrogens is 1. The molecule has 0 fully saturated rings. The fourth-order valence-corrected chi connectivity index (χ4v) is 1.57. The van der Waals surface area contributed by atoms with E-state index >= 15 is 0 Å². The highest BCUT2D eigenvalue weighted by Gasteiger charge is 2.11. The second-order valence-electron chi connectivity index (χ2n) is 4.23. The molecule has 1 heterocycles. The quantitative estimate of drug-likeness (QED) is 0.883. The molecule has 2 aromatic rings. The summed E-state index contributed by atoms with van der Waals surface area (Å²) in [6, 6.07) is 6.70. The zero-order valence-electron chi connectivity index (χ0n) is 9.90. The van der Waals surface area contributed by atoms with Gasteiger partial charge in [0, 0.05) is 23.7 Å². The molecule has 4 heteroatoms. The first-order valence-electron chi connectivity index (χ1n) is 5.59. The van der Waals surface area contributed by atoms with Crippen LogP contribution in [0, 0.1) is 5.82 Å². The van der Waals surface area contributed by atoms with Gasteiger partial charge in [-0.05, 0) is 12.1 Å². The van der Waals surface area contributed by atoms with E-state index < -0.39 is 0 Å². The third kappa shape index (κ3) is 2.91. The lowest BCUT2D eigenvalue weighted by molar-refractivity contribution is 0.431. The number of halogens is 1. The summed E-state index contributed by atoms with van der Waals surface area (Å²) in [7, 11) is 0. The molecular weight excluding hydrogens is 219 g/mol. The van der Waals surface area contributed by atoms with Crippen LogP contribution in [0.2, 0.25) is 0 Å². The van der Waals surface area contributed by atoms with Crippen LogP contribution in [0.1, 0.15) is 19.4 Å². The Morgan fingerprint density at radius 2 is 2.24 bits per heavy atom. The van der Waals surface area contributed by atoms with Gasteiger partial charge in [-0.3, -0.25) is 0 Å². The Kier molecular flexibility index (Phi) is 3.54. The van der Waals surface area contributed by atoms with Gasteiger partial charge in [-0.2, -0.15) is 0 Å². The van der Waals surface area contributed by atoms with E-state index in [1.165, 1.54) is 12.1 Å². The maximum atomic E-state index is 13.1. The van der Waals surface area contributed by atoms with Crippen LogP contribution >= 0.6 is 0 Å². The first-order chi connectivity index (χ1) is 8.16. The minimum absolute atomic E-state index is 0.276. The predicted octanol–water partition coefficient (Wildman–Crippen LogP) is 2.98. The van der Waals surface area contributed by atoms with Crippen molar-refractivity contribution < 1.29 is 8.91 Å². The number of nitrogens with zero attached hydrogens (tertiary/aromatic N) is 1. The Morgan fingerprint density at radius 1 is 1.41 bits per heavy atom. The summed E-state index contributed by atoms with van der Waals surface area (Å²) >= 11 is 0. The maximum absolute atomic E-state index is 13.1. The average Bonchev–Trinajstić information content (AvgIpc) is 2.74. The van der Waals surface area contributed by atoms with E-state index in [2.05, 4.69) is 24.3 Å². The Bertz CT molecular complexity index is 494. The monoisotopic (exact) mass is 234 g/mol. The second kappa shape index (κ2) is 5.10. The smallest absolute Gasteiger partial charge is 0.171 e. The van der Waals surface area contributed by atoms with Gasteiger partial charge in [0.15, 0.2) is 5.76 Å². The van der Waals surface area contributed by atoms with E-state index in [1.54, 1.807) is 12.3 Å². The fraction of sp³-hybridized carbons (Fsp3) is 0.308. The van der Waals surface area contributed by atoms with E-state index in [0.717, 1.165) is 5.56 Å². The topological polar surface area (TPSA) is 38.1 Å². The van der Waals surface area contributed by atoms with Crippen LogP contribution in [0.5, 0.6) is 0 Å². The molecule has 17 heavy (non-hydrogen) atoms. The Hall–Kier alpha value is -1.68. The lowest BCUT2D eigenvalue weighted by Crippen LogP contribution is -2.21. The molecule has 0 saturated carbocycles. The minimum Gasteiger partial charge on any atom is -0.356 e. The zero-order chi connectivity index (χ0) is 12.3. The van der Waals surface area contributed by atoms with Crippen molar-refractivity contribution in [2.45, 2.75) is 26.4 Å². The SMILES string of the molecule is CC(C)NCc1cnoc1-c1cccc(F)c1. The van der Waals surface area contributed by atoms with Crippen LogP contribution in [0.25, 0.3) is 11.3 Å². The van der Waals surface area contributed by atoms with E-state index in [1.807, 2.05) is 6.07 Å². The summed E-state index contributed by atoms with van der Waals surface area (Å²) in [5.41, 5.74) is 1.65. The molecule has 0 radical (unpaired) electrons.